The highest BCUT2D eigenvalue weighted by Gasteiger charge is 2.18. The van der Waals surface area contributed by atoms with E-state index in [9.17, 15) is 9.59 Å². The first-order valence-corrected chi connectivity index (χ1v) is 8.68. The summed E-state index contributed by atoms with van der Waals surface area (Å²) in [6.07, 6.45) is 9.94. The summed E-state index contributed by atoms with van der Waals surface area (Å²) in [7, 11) is 3.79. The highest BCUT2D eigenvalue weighted by atomic mass is 16.4. The second-order valence-corrected chi connectivity index (χ2v) is 6.79. The van der Waals surface area contributed by atoms with E-state index < -0.39 is 5.97 Å². The smallest absolute Gasteiger partial charge is 0.359 e. The fourth-order valence-electron chi connectivity index (χ4n) is 2.51. The molecule has 0 spiro atoms. The normalized spacial score (nSPS) is 11.4. The molecule has 5 heteroatoms. The minimum absolute atomic E-state index is 0.117. The van der Waals surface area contributed by atoms with Crippen molar-refractivity contribution >= 4 is 11.9 Å². The molecule has 1 amide bonds. The average molecular weight is 315 g/mol. The maximum Gasteiger partial charge on any atom is 0.359 e. The van der Waals surface area contributed by atoms with Gasteiger partial charge in [-0.15, -0.1) is 0 Å². The van der Waals surface area contributed by atoms with E-state index in [0.717, 1.165) is 25.8 Å². The summed E-state index contributed by atoms with van der Waals surface area (Å²) >= 11 is 0. The number of unbranched alkanes of at least 4 members (excludes halogenated alkanes) is 6. The minimum atomic E-state index is -0.784. The molecular formula is C17H35N2O3+. The summed E-state index contributed by atoms with van der Waals surface area (Å²) in [5.41, 5.74) is 0. The van der Waals surface area contributed by atoms with Crippen LogP contribution in [0.3, 0.4) is 0 Å². The van der Waals surface area contributed by atoms with Crippen LogP contribution in [0.5, 0.6) is 0 Å². The fraction of sp³-hybridized carbons (Fsp3) is 0.882. The number of aliphatic carboxylic acids is 1. The molecule has 22 heavy (non-hydrogen) atoms. The molecule has 0 fully saturated rings. The van der Waals surface area contributed by atoms with Crippen LogP contribution in [-0.2, 0) is 9.59 Å². The van der Waals surface area contributed by atoms with Gasteiger partial charge in [0.05, 0.1) is 20.6 Å². The van der Waals surface area contributed by atoms with E-state index in [0.29, 0.717) is 17.4 Å². The third-order valence-electron chi connectivity index (χ3n) is 3.83. The molecule has 130 valence electrons. The lowest BCUT2D eigenvalue weighted by Crippen LogP contribution is -2.45. The number of nitrogens with one attached hydrogen (secondary N) is 1. The third-order valence-corrected chi connectivity index (χ3v) is 3.83. The summed E-state index contributed by atoms with van der Waals surface area (Å²) in [5, 5.41) is 11.7. The molecule has 0 unspecified atom stereocenters. The SMILES string of the molecule is CCCCCCCCCC(=O)NCCC[N+](C)(C)CC(=O)O. The zero-order valence-electron chi connectivity index (χ0n) is 14.7. The van der Waals surface area contributed by atoms with Crippen molar-refractivity contribution < 1.29 is 19.2 Å². The topological polar surface area (TPSA) is 66.4 Å². The molecule has 0 radical (unpaired) electrons. The predicted octanol–water partition coefficient (Wildman–Crippen LogP) is 2.79. The van der Waals surface area contributed by atoms with Crippen LogP contribution in [0.15, 0.2) is 0 Å². The van der Waals surface area contributed by atoms with E-state index in [2.05, 4.69) is 12.2 Å². The summed E-state index contributed by atoms with van der Waals surface area (Å²) in [6, 6.07) is 0. The van der Waals surface area contributed by atoms with Crippen LogP contribution in [0.25, 0.3) is 0 Å². The highest BCUT2D eigenvalue weighted by Crippen LogP contribution is 2.08. The van der Waals surface area contributed by atoms with Gasteiger partial charge < -0.3 is 14.9 Å². The number of carbonyl (C=O) groups excluding carboxylic acids is 1. The van der Waals surface area contributed by atoms with Crippen molar-refractivity contribution in [2.45, 2.75) is 64.7 Å². The van der Waals surface area contributed by atoms with Crippen molar-refractivity contribution in [1.82, 2.24) is 5.32 Å². The Labute approximate surface area is 135 Å². The van der Waals surface area contributed by atoms with E-state index >= 15 is 0 Å². The van der Waals surface area contributed by atoms with Gasteiger partial charge in [0.25, 0.3) is 0 Å². The molecule has 0 heterocycles. The number of likely N-dealkylation sites (N-methyl/N-ethyl adjacent to an activating group) is 1. The minimum Gasteiger partial charge on any atom is -0.477 e. The van der Waals surface area contributed by atoms with Crippen molar-refractivity contribution in [2.24, 2.45) is 0 Å². The Hall–Kier alpha value is -1.10. The Kier molecular flexibility index (Phi) is 11.8. The van der Waals surface area contributed by atoms with Crippen molar-refractivity contribution in [2.75, 3.05) is 33.7 Å². The molecule has 0 aliphatic rings. The standard InChI is InChI=1S/C17H34N2O3/c1-4-5-6-7-8-9-10-12-16(20)18-13-11-14-19(2,3)15-17(21)22/h4-15H2,1-3H3,(H-,18,20,21,22)/p+1. The lowest BCUT2D eigenvalue weighted by Gasteiger charge is -2.27. The largest absolute Gasteiger partial charge is 0.477 e. The fourth-order valence-corrected chi connectivity index (χ4v) is 2.51. The number of carboxylic acid groups (broad SMARTS) is 1. The number of hydrogen-bond acceptors (Lipinski definition) is 2. The molecule has 0 aliphatic heterocycles. The molecule has 0 atom stereocenters. The van der Waals surface area contributed by atoms with E-state index in [-0.39, 0.29) is 12.5 Å². The van der Waals surface area contributed by atoms with Crippen molar-refractivity contribution in [3.05, 3.63) is 0 Å². The van der Waals surface area contributed by atoms with Crippen LogP contribution in [0, 0.1) is 0 Å². The molecule has 0 aromatic heterocycles. The molecule has 0 aliphatic carbocycles. The van der Waals surface area contributed by atoms with Crippen molar-refractivity contribution in [1.29, 1.82) is 0 Å². The van der Waals surface area contributed by atoms with Gasteiger partial charge in [0.1, 0.15) is 0 Å². The summed E-state index contributed by atoms with van der Waals surface area (Å²) in [4.78, 5) is 22.4. The molecule has 0 aromatic rings. The van der Waals surface area contributed by atoms with Gasteiger partial charge in [0.15, 0.2) is 6.54 Å². The van der Waals surface area contributed by atoms with Crippen LogP contribution in [-0.4, -0.2) is 55.2 Å². The number of carboxylic acids is 1. The van der Waals surface area contributed by atoms with E-state index in [1.807, 2.05) is 14.1 Å². The molecule has 0 saturated heterocycles. The predicted molar refractivity (Wildman–Crippen MR) is 89.7 cm³/mol. The quantitative estimate of drug-likeness (QED) is 0.383. The van der Waals surface area contributed by atoms with Gasteiger partial charge in [-0.1, -0.05) is 45.4 Å². The number of amides is 1. The first kappa shape index (κ1) is 20.9. The summed E-state index contributed by atoms with van der Waals surface area (Å²) in [5.74, 6) is -0.662. The number of carbonyl (C=O) groups is 2. The number of rotatable bonds is 14. The Morgan fingerprint density at radius 3 is 2.14 bits per heavy atom. The van der Waals surface area contributed by atoms with Gasteiger partial charge >= 0.3 is 5.97 Å². The molecule has 0 rings (SSSR count). The van der Waals surface area contributed by atoms with E-state index in [4.69, 9.17) is 5.11 Å². The number of hydrogen-bond donors (Lipinski definition) is 2. The van der Waals surface area contributed by atoms with Crippen LogP contribution >= 0.6 is 0 Å². The lowest BCUT2D eigenvalue weighted by atomic mass is 10.1. The molecule has 5 nitrogen and oxygen atoms in total. The van der Waals surface area contributed by atoms with E-state index in [1.165, 1.54) is 32.1 Å². The first-order chi connectivity index (χ1) is 10.4. The Morgan fingerprint density at radius 1 is 0.955 bits per heavy atom. The van der Waals surface area contributed by atoms with Crippen molar-refractivity contribution in [3.8, 4) is 0 Å². The summed E-state index contributed by atoms with van der Waals surface area (Å²) < 4.78 is 0.447. The molecule has 0 aromatic carbocycles. The van der Waals surface area contributed by atoms with Gasteiger partial charge in [-0.2, -0.15) is 0 Å². The van der Waals surface area contributed by atoms with Gasteiger partial charge in [-0.05, 0) is 6.42 Å². The highest BCUT2D eigenvalue weighted by molar-refractivity contribution is 5.75. The van der Waals surface area contributed by atoms with Gasteiger partial charge in [-0.25, -0.2) is 4.79 Å². The zero-order chi connectivity index (χ0) is 16.8. The van der Waals surface area contributed by atoms with Gasteiger partial charge in [0.2, 0.25) is 5.91 Å². The van der Waals surface area contributed by atoms with Crippen LogP contribution in [0.4, 0.5) is 0 Å². The van der Waals surface area contributed by atoms with Crippen LogP contribution in [0.1, 0.15) is 64.7 Å². The maximum atomic E-state index is 11.7. The monoisotopic (exact) mass is 315 g/mol. The lowest BCUT2D eigenvalue weighted by molar-refractivity contribution is -0.883. The summed E-state index contributed by atoms with van der Waals surface area (Å²) in [6.45, 7) is 3.72. The molecule has 2 N–H and O–H groups in total. The third kappa shape index (κ3) is 13.9. The number of quaternary nitrogens is 1. The second kappa shape index (κ2) is 12.4. The first-order valence-electron chi connectivity index (χ1n) is 8.68. The van der Waals surface area contributed by atoms with E-state index in [1.54, 1.807) is 0 Å². The number of nitrogens with zero attached hydrogens (tertiary/aromatic N) is 1. The maximum absolute atomic E-state index is 11.7. The Bertz CT molecular complexity index is 317. The average Bonchev–Trinajstić information content (AvgIpc) is 2.41. The Morgan fingerprint density at radius 2 is 1.55 bits per heavy atom. The van der Waals surface area contributed by atoms with Crippen molar-refractivity contribution in [3.63, 3.8) is 0 Å². The molecular weight excluding hydrogens is 280 g/mol. The van der Waals surface area contributed by atoms with Gasteiger partial charge in [0, 0.05) is 19.4 Å². The van der Waals surface area contributed by atoms with Crippen LogP contribution < -0.4 is 5.32 Å². The molecule has 0 bridgehead atoms. The molecule has 0 saturated carbocycles. The van der Waals surface area contributed by atoms with Crippen LogP contribution in [0.2, 0.25) is 0 Å². The Balaban J connectivity index is 3.48. The van der Waals surface area contributed by atoms with Gasteiger partial charge in [-0.3, -0.25) is 4.79 Å². The zero-order valence-corrected chi connectivity index (χ0v) is 14.7. The second-order valence-electron chi connectivity index (χ2n) is 6.79.